The molecule has 0 unspecified atom stereocenters. The molecule has 0 saturated heterocycles. The lowest BCUT2D eigenvalue weighted by Gasteiger charge is -2.17. The molecule has 0 spiro atoms. The number of aliphatic carboxylic acids is 1. The zero-order chi connectivity index (χ0) is 14.7. The molecular formula is C12H17N3O4. The predicted octanol–water partition coefficient (Wildman–Crippen LogP) is 0.226. The highest BCUT2D eigenvalue weighted by molar-refractivity contribution is 5.94. The van der Waals surface area contributed by atoms with Gasteiger partial charge in [-0.25, -0.2) is 9.78 Å². The van der Waals surface area contributed by atoms with Crippen LogP contribution in [0.5, 0.6) is 0 Å². The van der Waals surface area contributed by atoms with E-state index in [1.54, 1.807) is 27.7 Å². The molecule has 0 aliphatic rings. The lowest BCUT2D eigenvalue weighted by atomic mass is 10.0. The Kier molecular flexibility index (Phi) is 4.42. The van der Waals surface area contributed by atoms with Crippen LogP contribution in [0, 0.1) is 19.8 Å². The van der Waals surface area contributed by atoms with E-state index in [-0.39, 0.29) is 11.6 Å². The highest BCUT2D eigenvalue weighted by Crippen LogP contribution is 2.03. The van der Waals surface area contributed by atoms with E-state index in [2.05, 4.69) is 15.3 Å². The van der Waals surface area contributed by atoms with E-state index < -0.39 is 23.5 Å². The third kappa shape index (κ3) is 3.40. The number of hydrogen-bond acceptors (Lipinski definition) is 4. The Labute approximate surface area is 110 Å². The Morgan fingerprint density at radius 1 is 1.32 bits per heavy atom. The lowest BCUT2D eigenvalue weighted by molar-refractivity contribution is -0.140. The van der Waals surface area contributed by atoms with Crippen LogP contribution in [0.3, 0.4) is 0 Å². The smallest absolute Gasteiger partial charge is 0.326 e. The van der Waals surface area contributed by atoms with Crippen LogP contribution in [0.2, 0.25) is 0 Å². The number of aryl methyl sites for hydroxylation is 2. The molecule has 1 atom stereocenters. The number of hydrogen-bond donors (Lipinski definition) is 3. The second-order valence-electron chi connectivity index (χ2n) is 4.66. The molecule has 1 heterocycles. The third-order valence-corrected chi connectivity index (χ3v) is 2.77. The minimum absolute atomic E-state index is 0.299. The summed E-state index contributed by atoms with van der Waals surface area (Å²) in [6.45, 7) is 6.65. The Morgan fingerprint density at radius 2 is 1.89 bits per heavy atom. The van der Waals surface area contributed by atoms with Gasteiger partial charge < -0.3 is 15.4 Å². The maximum absolute atomic E-state index is 11.9. The topological polar surface area (TPSA) is 112 Å². The van der Waals surface area contributed by atoms with Gasteiger partial charge in [-0.15, -0.1) is 0 Å². The monoisotopic (exact) mass is 267 g/mol. The predicted molar refractivity (Wildman–Crippen MR) is 68.1 cm³/mol. The molecule has 1 aromatic rings. The first-order valence-corrected chi connectivity index (χ1v) is 5.85. The van der Waals surface area contributed by atoms with Gasteiger partial charge in [0.15, 0.2) is 5.69 Å². The number of carboxylic acids is 1. The summed E-state index contributed by atoms with van der Waals surface area (Å²) in [6.07, 6.45) is 0. The van der Waals surface area contributed by atoms with Gasteiger partial charge in [0.1, 0.15) is 6.04 Å². The number of carbonyl (C=O) groups excluding carboxylic acids is 1. The van der Waals surface area contributed by atoms with Crippen LogP contribution < -0.4 is 10.9 Å². The van der Waals surface area contributed by atoms with Gasteiger partial charge in [-0.2, -0.15) is 0 Å². The number of carboxylic acid groups (broad SMARTS) is 1. The van der Waals surface area contributed by atoms with Crippen molar-refractivity contribution in [2.45, 2.75) is 33.7 Å². The summed E-state index contributed by atoms with van der Waals surface area (Å²) in [6, 6.07) is -1.06. The van der Waals surface area contributed by atoms with Crippen molar-refractivity contribution in [3.05, 3.63) is 27.4 Å². The fourth-order valence-corrected chi connectivity index (χ4v) is 1.50. The molecule has 0 aliphatic heterocycles. The zero-order valence-electron chi connectivity index (χ0n) is 11.3. The SMILES string of the molecule is Cc1nc(C(=O)N[C@@H](C(=O)O)C(C)C)c(=O)[nH]c1C. The molecule has 0 bridgehead atoms. The van der Waals surface area contributed by atoms with Crippen molar-refractivity contribution in [2.24, 2.45) is 5.92 Å². The minimum atomic E-state index is -1.15. The van der Waals surface area contributed by atoms with E-state index in [0.29, 0.717) is 11.4 Å². The summed E-state index contributed by atoms with van der Waals surface area (Å²) in [5.74, 6) is -2.24. The van der Waals surface area contributed by atoms with Gasteiger partial charge in [0.25, 0.3) is 11.5 Å². The molecular weight excluding hydrogens is 250 g/mol. The molecule has 1 rings (SSSR count). The molecule has 0 fully saturated rings. The van der Waals surface area contributed by atoms with Crippen molar-refractivity contribution < 1.29 is 14.7 Å². The normalized spacial score (nSPS) is 12.3. The minimum Gasteiger partial charge on any atom is -0.480 e. The molecule has 7 heteroatoms. The van der Waals surface area contributed by atoms with Gasteiger partial charge >= 0.3 is 5.97 Å². The van der Waals surface area contributed by atoms with Gasteiger partial charge in [0.05, 0.1) is 5.69 Å². The fraction of sp³-hybridized carbons (Fsp3) is 0.500. The highest BCUT2D eigenvalue weighted by Gasteiger charge is 2.25. The highest BCUT2D eigenvalue weighted by atomic mass is 16.4. The Morgan fingerprint density at radius 3 is 2.37 bits per heavy atom. The largest absolute Gasteiger partial charge is 0.480 e. The Bertz CT molecular complexity index is 563. The first-order chi connectivity index (χ1) is 8.73. The number of aromatic nitrogens is 2. The number of aromatic amines is 1. The van der Waals surface area contributed by atoms with E-state index in [9.17, 15) is 14.4 Å². The zero-order valence-corrected chi connectivity index (χ0v) is 11.3. The van der Waals surface area contributed by atoms with Gasteiger partial charge in [0.2, 0.25) is 0 Å². The number of rotatable bonds is 4. The summed E-state index contributed by atoms with van der Waals surface area (Å²) in [5.41, 5.74) is 0.130. The van der Waals surface area contributed by atoms with Crippen LogP contribution in [0.1, 0.15) is 35.7 Å². The van der Waals surface area contributed by atoms with Crippen LogP contribution >= 0.6 is 0 Å². The summed E-state index contributed by atoms with van der Waals surface area (Å²) in [7, 11) is 0. The second-order valence-corrected chi connectivity index (χ2v) is 4.66. The summed E-state index contributed by atoms with van der Waals surface area (Å²) >= 11 is 0. The van der Waals surface area contributed by atoms with Crippen molar-refractivity contribution in [3.63, 3.8) is 0 Å². The Hall–Kier alpha value is -2.18. The average Bonchev–Trinajstić information content (AvgIpc) is 2.29. The van der Waals surface area contributed by atoms with Crippen LogP contribution in [0.25, 0.3) is 0 Å². The lowest BCUT2D eigenvalue weighted by Crippen LogP contribution is -2.46. The summed E-state index contributed by atoms with van der Waals surface area (Å²) in [4.78, 5) is 40.9. The third-order valence-electron chi connectivity index (χ3n) is 2.77. The van der Waals surface area contributed by atoms with E-state index >= 15 is 0 Å². The Balaban J connectivity index is 3.05. The molecule has 0 aliphatic carbocycles. The van der Waals surface area contributed by atoms with Crippen LogP contribution in [-0.4, -0.2) is 33.0 Å². The molecule has 1 amide bonds. The van der Waals surface area contributed by atoms with Crippen LogP contribution in [0.15, 0.2) is 4.79 Å². The van der Waals surface area contributed by atoms with Gasteiger partial charge in [-0.05, 0) is 19.8 Å². The van der Waals surface area contributed by atoms with Crippen molar-refractivity contribution in [1.82, 2.24) is 15.3 Å². The van der Waals surface area contributed by atoms with Gasteiger partial charge in [0, 0.05) is 5.69 Å². The van der Waals surface area contributed by atoms with E-state index in [0.717, 1.165) is 0 Å². The fourth-order valence-electron chi connectivity index (χ4n) is 1.50. The average molecular weight is 267 g/mol. The maximum Gasteiger partial charge on any atom is 0.326 e. The molecule has 7 nitrogen and oxygen atoms in total. The molecule has 0 saturated carbocycles. The molecule has 104 valence electrons. The molecule has 1 aromatic heterocycles. The first kappa shape index (κ1) is 14.9. The molecule has 0 radical (unpaired) electrons. The molecule has 19 heavy (non-hydrogen) atoms. The number of H-pyrrole nitrogens is 1. The summed E-state index contributed by atoms with van der Waals surface area (Å²) < 4.78 is 0. The second kappa shape index (κ2) is 5.64. The van der Waals surface area contributed by atoms with Crippen LogP contribution in [0.4, 0.5) is 0 Å². The van der Waals surface area contributed by atoms with Crippen LogP contribution in [-0.2, 0) is 4.79 Å². The number of amides is 1. The van der Waals surface area contributed by atoms with E-state index in [4.69, 9.17) is 5.11 Å². The van der Waals surface area contributed by atoms with Crippen molar-refractivity contribution in [2.75, 3.05) is 0 Å². The van der Waals surface area contributed by atoms with E-state index in [1.807, 2.05) is 0 Å². The van der Waals surface area contributed by atoms with Crippen molar-refractivity contribution in [3.8, 4) is 0 Å². The van der Waals surface area contributed by atoms with E-state index in [1.165, 1.54) is 0 Å². The number of nitrogens with one attached hydrogen (secondary N) is 2. The summed E-state index contributed by atoms with van der Waals surface area (Å²) in [5, 5.41) is 11.3. The van der Waals surface area contributed by atoms with Gasteiger partial charge in [-0.3, -0.25) is 9.59 Å². The van der Waals surface area contributed by atoms with Gasteiger partial charge in [-0.1, -0.05) is 13.8 Å². The molecule has 0 aromatic carbocycles. The number of carbonyl (C=O) groups is 2. The standard InChI is InChI=1S/C12H17N3O4/c1-5(2)8(12(18)19)15-11(17)9-10(16)14-7(4)6(3)13-9/h5,8H,1-4H3,(H,14,16)(H,15,17)(H,18,19)/t8-/m1/s1. The quantitative estimate of drug-likeness (QED) is 0.722. The molecule has 3 N–H and O–H groups in total. The maximum atomic E-state index is 11.9. The first-order valence-electron chi connectivity index (χ1n) is 5.85. The van der Waals surface area contributed by atoms with Crippen molar-refractivity contribution >= 4 is 11.9 Å². The van der Waals surface area contributed by atoms with Crippen molar-refractivity contribution in [1.29, 1.82) is 0 Å². The number of nitrogens with zero attached hydrogens (tertiary/aromatic N) is 1.